The maximum atomic E-state index is 11.4. The molecule has 0 aromatic rings. The third kappa shape index (κ3) is 16.2. The molecule has 1 amide bonds. The highest BCUT2D eigenvalue weighted by atomic mass is 16.7. The first-order chi connectivity index (χ1) is 14.7. The molecule has 182 valence electrons. The van der Waals surface area contributed by atoms with Crippen LogP contribution >= 0.6 is 0 Å². The van der Waals surface area contributed by atoms with E-state index in [0.29, 0.717) is 13.2 Å². The highest BCUT2D eigenvalue weighted by Gasteiger charge is 2.44. The Kier molecular flexibility index (Phi) is 19.7. The van der Waals surface area contributed by atoms with Crippen molar-refractivity contribution in [1.82, 2.24) is 0 Å². The van der Waals surface area contributed by atoms with E-state index in [1.54, 1.807) is 0 Å². The van der Waals surface area contributed by atoms with Crippen LogP contribution in [0.25, 0.3) is 0 Å². The van der Waals surface area contributed by atoms with Crippen LogP contribution in [-0.2, 0) is 42.9 Å². The average Bonchev–Trinajstić information content (AvgIpc) is 2.69. The Hall–Kier alpha value is -2.24. The fourth-order valence-corrected chi connectivity index (χ4v) is 2.64. The van der Waals surface area contributed by atoms with Crippen molar-refractivity contribution in [3.63, 3.8) is 0 Å². The minimum atomic E-state index is -0.882. The predicted octanol–water partition coefficient (Wildman–Crippen LogP) is 0.801. The van der Waals surface area contributed by atoms with Crippen LogP contribution in [0.5, 0.6) is 0 Å². The number of primary amides is 1. The van der Waals surface area contributed by atoms with Gasteiger partial charge in [0.15, 0.2) is 12.4 Å². The van der Waals surface area contributed by atoms with E-state index in [0.717, 1.165) is 19.3 Å². The van der Waals surface area contributed by atoms with Crippen molar-refractivity contribution >= 4 is 24.3 Å². The molecule has 4 N–H and O–H groups in total. The second kappa shape index (κ2) is 19.7. The fourth-order valence-electron chi connectivity index (χ4n) is 2.64. The van der Waals surface area contributed by atoms with Crippen LogP contribution in [0.1, 0.15) is 60.3 Å². The van der Waals surface area contributed by atoms with Gasteiger partial charge >= 0.3 is 17.9 Å². The first kappa shape index (κ1) is 30.9. The molecule has 11 nitrogen and oxygen atoms in total. The summed E-state index contributed by atoms with van der Waals surface area (Å²) in [6.07, 6.45) is 0.0347. The summed E-state index contributed by atoms with van der Waals surface area (Å²) in [6, 6.07) is 0. The van der Waals surface area contributed by atoms with Crippen LogP contribution in [-0.4, -0.2) is 68.7 Å². The average molecular weight is 451 g/mol. The smallest absolute Gasteiger partial charge is 0.303 e. The molecular formula is C20H38N2O9. The first-order valence-corrected chi connectivity index (χ1v) is 10.3. The second-order valence-corrected chi connectivity index (χ2v) is 6.22. The molecule has 1 aliphatic rings. The third-order valence-corrected chi connectivity index (χ3v) is 3.71. The number of carbonyl (C=O) groups excluding carboxylic acids is 4. The molecule has 0 aromatic carbocycles. The number of rotatable bonds is 10. The number of carbonyl (C=O) groups is 4. The summed E-state index contributed by atoms with van der Waals surface area (Å²) in [5, 5.41) is 0. The normalized spacial score (nSPS) is 21.9. The first-order valence-electron chi connectivity index (χ1n) is 10.3. The van der Waals surface area contributed by atoms with Gasteiger partial charge in [-0.1, -0.05) is 13.8 Å². The summed E-state index contributed by atoms with van der Waals surface area (Å²) in [5.74, 6) is -1.56. The topological polar surface area (TPSA) is 166 Å². The monoisotopic (exact) mass is 450 g/mol. The van der Waals surface area contributed by atoms with E-state index in [9.17, 15) is 14.4 Å². The number of hydrogen-bond acceptors (Lipinski definition) is 10. The van der Waals surface area contributed by atoms with Crippen molar-refractivity contribution in [2.24, 2.45) is 11.5 Å². The maximum Gasteiger partial charge on any atom is 0.303 e. The molecule has 1 rings (SSSR count). The Bertz CT molecular complexity index is 517. The largest absolute Gasteiger partial charge is 0.463 e. The van der Waals surface area contributed by atoms with Crippen molar-refractivity contribution in [1.29, 1.82) is 0 Å². The molecule has 1 aliphatic heterocycles. The van der Waals surface area contributed by atoms with E-state index >= 15 is 0 Å². The number of hydrogen-bond donors (Lipinski definition) is 2. The molecule has 0 saturated carbocycles. The molecule has 4 atom stereocenters. The van der Waals surface area contributed by atoms with E-state index in [1.807, 2.05) is 13.8 Å². The quantitative estimate of drug-likeness (QED) is 0.210. The lowest BCUT2D eigenvalue weighted by molar-refractivity contribution is -0.266. The molecule has 1 saturated heterocycles. The number of nitrogens with two attached hydrogens (primary N) is 2. The van der Waals surface area contributed by atoms with Gasteiger partial charge in [0.1, 0.15) is 18.8 Å². The fraction of sp³-hybridized carbons (Fsp3) is 0.800. The SMILES string of the molecule is CC.CC(=O)OCC1OC(OCCCCCN)CC(OC(C)=O)C1OC(C)=O.NC=O. The van der Waals surface area contributed by atoms with Crippen LogP contribution in [0.2, 0.25) is 0 Å². The van der Waals surface area contributed by atoms with Crippen molar-refractivity contribution in [3.8, 4) is 0 Å². The van der Waals surface area contributed by atoms with E-state index in [1.165, 1.54) is 20.8 Å². The molecule has 31 heavy (non-hydrogen) atoms. The van der Waals surface area contributed by atoms with Gasteiger partial charge in [-0.25, -0.2) is 0 Å². The van der Waals surface area contributed by atoms with Crippen molar-refractivity contribution in [3.05, 3.63) is 0 Å². The predicted molar refractivity (Wildman–Crippen MR) is 111 cm³/mol. The highest BCUT2D eigenvalue weighted by Crippen LogP contribution is 2.27. The Morgan fingerprint density at radius 1 is 1.00 bits per heavy atom. The van der Waals surface area contributed by atoms with Gasteiger partial charge in [0.2, 0.25) is 6.41 Å². The van der Waals surface area contributed by atoms with E-state index in [2.05, 4.69) is 5.73 Å². The van der Waals surface area contributed by atoms with Gasteiger partial charge in [0.05, 0.1) is 0 Å². The number of esters is 3. The van der Waals surface area contributed by atoms with Gasteiger partial charge in [-0.15, -0.1) is 0 Å². The van der Waals surface area contributed by atoms with Crippen LogP contribution in [0.3, 0.4) is 0 Å². The minimum Gasteiger partial charge on any atom is -0.463 e. The van der Waals surface area contributed by atoms with Gasteiger partial charge in [-0.3, -0.25) is 19.2 Å². The highest BCUT2D eigenvalue weighted by molar-refractivity contribution is 5.67. The molecule has 0 radical (unpaired) electrons. The molecular weight excluding hydrogens is 412 g/mol. The van der Waals surface area contributed by atoms with Gasteiger partial charge in [0.25, 0.3) is 0 Å². The van der Waals surface area contributed by atoms with E-state index < -0.39 is 42.5 Å². The Morgan fingerprint density at radius 2 is 1.58 bits per heavy atom. The Labute approximate surface area is 184 Å². The zero-order valence-corrected chi connectivity index (χ0v) is 19.2. The van der Waals surface area contributed by atoms with E-state index in [-0.39, 0.29) is 19.4 Å². The van der Waals surface area contributed by atoms with Crippen molar-refractivity contribution < 1.29 is 42.9 Å². The molecule has 4 unspecified atom stereocenters. The molecule has 0 spiro atoms. The number of amides is 1. The van der Waals surface area contributed by atoms with Crippen molar-refractivity contribution in [2.45, 2.75) is 84.9 Å². The summed E-state index contributed by atoms with van der Waals surface area (Å²) in [4.78, 5) is 42.5. The zero-order chi connectivity index (χ0) is 24.2. The summed E-state index contributed by atoms with van der Waals surface area (Å²) in [6.45, 7) is 8.72. The van der Waals surface area contributed by atoms with Gasteiger partial charge in [-0.2, -0.15) is 0 Å². The maximum absolute atomic E-state index is 11.4. The summed E-state index contributed by atoms with van der Waals surface area (Å²) in [5.41, 5.74) is 9.62. The lowest BCUT2D eigenvalue weighted by Crippen LogP contribution is -2.54. The van der Waals surface area contributed by atoms with Gasteiger partial charge < -0.3 is 35.2 Å². The molecule has 0 aromatic heterocycles. The molecule has 11 heteroatoms. The summed E-state index contributed by atoms with van der Waals surface area (Å²) >= 11 is 0. The van der Waals surface area contributed by atoms with Crippen molar-refractivity contribution in [2.75, 3.05) is 19.8 Å². The van der Waals surface area contributed by atoms with Crippen LogP contribution in [0.15, 0.2) is 0 Å². The lowest BCUT2D eigenvalue weighted by atomic mass is 10.0. The summed E-state index contributed by atoms with van der Waals surface area (Å²) in [7, 11) is 0. The Morgan fingerprint density at radius 3 is 2.06 bits per heavy atom. The number of unbranched alkanes of at least 4 members (excludes halogenated alkanes) is 2. The van der Waals surface area contributed by atoms with Crippen LogP contribution < -0.4 is 11.5 Å². The lowest BCUT2D eigenvalue weighted by Gasteiger charge is -2.39. The summed E-state index contributed by atoms with van der Waals surface area (Å²) < 4.78 is 27.0. The molecule has 1 fully saturated rings. The zero-order valence-electron chi connectivity index (χ0n) is 19.2. The molecule has 0 bridgehead atoms. The Balaban J connectivity index is 0. The minimum absolute atomic E-state index is 0.141. The third-order valence-electron chi connectivity index (χ3n) is 3.71. The van der Waals surface area contributed by atoms with Gasteiger partial charge in [0, 0.05) is 33.8 Å². The molecule has 0 aliphatic carbocycles. The van der Waals surface area contributed by atoms with Crippen LogP contribution in [0, 0.1) is 0 Å². The molecule has 1 heterocycles. The van der Waals surface area contributed by atoms with Crippen LogP contribution in [0.4, 0.5) is 0 Å². The second-order valence-electron chi connectivity index (χ2n) is 6.22. The van der Waals surface area contributed by atoms with Gasteiger partial charge in [-0.05, 0) is 25.8 Å². The number of ether oxygens (including phenoxy) is 5. The standard InChI is InChI=1S/C17H29NO8.C2H6.CH3NO/c1-11(19)23-10-15-17(25-13(3)21)14(24-12(2)20)9-16(26-15)22-8-6-4-5-7-18;1-2;2-1-3/h14-17H,4-10,18H2,1-3H3;1-2H3;1H,(H2,2,3). The van der Waals surface area contributed by atoms with E-state index in [4.69, 9.17) is 34.2 Å².